The minimum atomic E-state index is 0. The van der Waals surface area contributed by atoms with Crippen molar-refractivity contribution in [3.63, 3.8) is 0 Å². The number of halogens is 2. The lowest BCUT2D eigenvalue weighted by Gasteiger charge is -2.32. The molecule has 1 heterocycles. The molecule has 1 aliphatic rings. The predicted molar refractivity (Wildman–Crippen MR) is 132 cm³/mol. The van der Waals surface area contributed by atoms with Gasteiger partial charge in [-0.3, -0.25) is 9.89 Å². The smallest absolute Gasteiger partial charge is 0.191 e. The summed E-state index contributed by atoms with van der Waals surface area (Å²) in [6, 6.07) is 8.36. The van der Waals surface area contributed by atoms with E-state index >= 15 is 0 Å². The van der Waals surface area contributed by atoms with Gasteiger partial charge in [0.25, 0.3) is 0 Å². The van der Waals surface area contributed by atoms with E-state index in [1.807, 2.05) is 19.2 Å². The molecule has 160 valence electrons. The van der Waals surface area contributed by atoms with Crippen LogP contribution in [0.4, 0.5) is 0 Å². The average molecular weight is 522 g/mol. The quantitative estimate of drug-likeness (QED) is 0.310. The summed E-state index contributed by atoms with van der Waals surface area (Å²) in [7, 11) is 4.04. The molecule has 0 aliphatic carbocycles. The van der Waals surface area contributed by atoms with Gasteiger partial charge in [-0.05, 0) is 63.6 Å². The van der Waals surface area contributed by atoms with E-state index in [0.717, 1.165) is 43.1 Å². The van der Waals surface area contributed by atoms with Crippen LogP contribution in [0.1, 0.15) is 38.3 Å². The number of aliphatic imine (C=N–C) groups is 1. The van der Waals surface area contributed by atoms with Crippen LogP contribution in [-0.2, 0) is 0 Å². The monoisotopic (exact) mass is 521 g/mol. The Balaban J connectivity index is 0.00000392. The number of guanidine groups is 1. The van der Waals surface area contributed by atoms with Crippen molar-refractivity contribution < 1.29 is 0 Å². The number of likely N-dealkylation sites (N-methyl/N-ethyl adjacent to an activating group) is 1. The van der Waals surface area contributed by atoms with Gasteiger partial charge in [0, 0.05) is 25.2 Å². The first-order valence-corrected chi connectivity index (χ1v) is 10.6. The van der Waals surface area contributed by atoms with Crippen LogP contribution < -0.4 is 10.6 Å². The maximum atomic E-state index is 6.50. The molecule has 1 atom stereocenters. The van der Waals surface area contributed by atoms with Crippen molar-refractivity contribution >= 4 is 41.5 Å². The van der Waals surface area contributed by atoms with Gasteiger partial charge < -0.3 is 15.5 Å². The molecule has 1 aliphatic heterocycles. The lowest BCUT2D eigenvalue weighted by atomic mass is 9.97. The van der Waals surface area contributed by atoms with Crippen molar-refractivity contribution in [2.75, 3.05) is 53.4 Å². The molecule has 1 aromatic rings. The van der Waals surface area contributed by atoms with Crippen LogP contribution in [0.5, 0.6) is 0 Å². The second kappa shape index (κ2) is 13.6. The lowest BCUT2D eigenvalue weighted by Crippen LogP contribution is -2.45. The zero-order valence-corrected chi connectivity index (χ0v) is 20.8. The first-order chi connectivity index (χ1) is 13.1. The molecule has 1 aromatic carbocycles. The Hall–Kier alpha value is -0.570. The molecule has 28 heavy (non-hydrogen) atoms. The maximum absolute atomic E-state index is 6.50. The van der Waals surface area contributed by atoms with Crippen LogP contribution in [0, 0.1) is 5.92 Å². The highest BCUT2D eigenvalue weighted by atomic mass is 127. The Kier molecular flexibility index (Phi) is 12.4. The van der Waals surface area contributed by atoms with Crippen LogP contribution >= 0.6 is 35.6 Å². The first-order valence-electron chi connectivity index (χ1n) is 10.2. The highest BCUT2D eigenvalue weighted by Gasteiger charge is 2.21. The van der Waals surface area contributed by atoms with E-state index < -0.39 is 0 Å². The molecule has 1 fully saturated rings. The zero-order chi connectivity index (χ0) is 19.6. The van der Waals surface area contributed by atoms with Crippen molar-refractivity contribution in [1.82, 2.24) is 20.4 Å². The number of benzene rings is 1. The normalized spacial score (nSPS) is 17.3. The van der Waals surface area contributed by atoms with E-state index in [1.54, 1.807) is 0 Å². The van der Waals surface area contributed by atoms with E-state index in [-0.39, 0.29) is 30.0 Å². The molecule has 7 heteroatoms. The molecular formula is C21H37ClIN5. The van der Waals surface area contributed by atoms with Gasteiger partial charge in [-0.2, -0.15) is 0 Å². The molecule has 2 N–H and O–H groups in total. The second-order valence-corrected chi connectivity index (χ2v) is 7.75. The molecule has 0 bridgehead atoms. The van der Waals surface area contributed by atoms with Gasteiger partial charge in [-0.1, -0.05) is 43.6 Å². The Morgan fingerprint density at radius 1 is 1.21 bits per heavy atom. The highest BCUT2D eigenvalue weighted by Crippen LogP contribution is 2.27. The predicted octanol–water partition coefficient (Wildman–Crippen LogP) is 3.85. The van der Waals surface area contributed by atoms with Crippen molar-refractivity contribution in [3.8, 4) is 0 Å². The minimum absolute atomic E-state index is 0. The van der Waals surface area contributed by atoms with Gasteiger partial charge in [0.15, 0.2) is 5.96 Å². The summed E-state index contributed by atoms with van der Waals surface area (Å²) in [5.41, 5.74) is 1.17. The van der Waals surface area contributed by atoms with Gasteiger partial charge in [0.1, 0.15) is 0 Å². The summed E-state index contributed by atoms with van der Waals surface area (Å²) in [5, 5.41) is 7.86. The van der Waals surface area contributed by atoms with Crippen molar-refractivity contribution in [3.05, 3.63) is 34.9 Å². The first kappa shape index (κ1) is 25.5. The molecule has 0 aromatic heterocycles. The SMILES string of the molecule is CCN(CC)C(CNC(=NC)NCC1CCN(C)CC1)c1ccccc1Cl.I. The third kappa shape index (κ3) is 7.69. The van der Waals surface area contributed by atoms with E-state index in [4.69, 9.17) is 11.6 Å². The van der Waals surface area contributed by atoms with Gasteiger partial charge >= 0.3 is 0 Å². The van der Waals surface area contributed by atoms with Gasteiger partial charge in [0.2, 0.25) is 0 Å². The largest absolute Gasteiger partial charge is 0.356 e. The summed E-state index contributed by atoms with van der Waals surface area (Å²) < 4.78 is 0. The number of hydrogen-bond donors (Lipinski definition) is 2. The van der Waals surface area contributed by atoms with Crippen LogP contribution in [0.2, 0.25) is 5.02 Å². The fraction of sp³-hybridized carbons (Fsp3) is 0.667. The number of rotatable bonds is 8. The Labute approximate surface area is 193 Å². The van der Waals surface area contributed by atoms with E-state index in [2.05, 4.69) is 58.5 Å². The fourth-order valence-corrected chi connectivity index (χ4v) is 4.03. The molecule has 2 rings (SSSR count). The van der Waals surface area contributed by atoms with E-state index in [9.17, 15) is 0 Å². The molecule has 1 unspecified atom stereocenters. The third-order valence-electron chi connectivity index (χ3n) is 5.60. The van der Waals surface area contributed by atoms with Crippen molar-refractivity contribution in [2.45, 2.75) is 32.7 Å². The standard InChI is InChI=1S/C21H36ClN5.HI/c1-5-27(6-2)20(18-9-7-8-10-19(18)22)16-25-21(23-3)24-15-17-11-13-26(4)14-12-17;/h7-10,17,20H,5-6,11-16H2,1-4H3,(H2,23,24,25);1H. The van der Waals surface area contributed by atoms with E-state index in [0.29, 0.717) is 0 Å². The van der Waals surface area contributed by atoms with Crippen molar-refractivity contribution in [2.24, 2.45) is 10.9 Å². The number of nitrogens with zero attached hydrogens (tertiary/aromatic N) is 3. The van der Waals surface area contributed by atoms with Gasteiger partial charge in [0.05, 0.1) is 6.04 Å². The van der Waals surface area contributed by atoms with Crippen molar-refractivity contribution in [1.29, 1.82) is 0 Å². The summed E-state index contributed by atoms with van der Waals surface area (Å²) >= 11 is 6.50. The molecule has 0 saturated carbocycles. The summed E-state index contributed by atoms with van der Waals surface area (Å²) in [6.45, 7) is 10.5. The van der Waals surface area contributed by atoms with Crippen LogP contribution in [0.15, 0.2) is 29.3 Å². The van der Waals surface area contributed by atoms with Crippen LogP contribution in [0.3, 0.4) is 0 Å². The Morgan fingerprint density at radius 2 is 1.86 bits per heavy atom. The Bertz CT molecular complexity index is 586. The summed E-state index contributed by atoms with van der Waals surface area (Å²) in [5.74, 6) is 1.60. The molecule has 5 nitrogen and oxygen atoms in total. The Morgan fingerprint density at radius 3 is 2.43 bits per heavy atom. The number of nitrogens with one attached hydrogen (secondary N) is 2. The molecule has 1 saturated heterocycles. The molecule has 0 radical (unpaired) electrons. The highest BCUT2D eigenvalue weighted by molar-refractivity contribution is 14.0. The van der Waals surface area contributed by atoms with Gasteiger partial charge in [-0.25, -0.2) is 0 Å². The van der Waals surface area contributed by atoms with Crippen LogP contribution in [0.25, 0.3) is 0 Å². The number of likely N-dealkylation sites (tertiary alicyclic amines) is 1. The van der Waals surface area contributed by atoms with Gasteiger partial charge in [-0.15, -0.1) is 24.0 Å². The zero-order valence-electron chi connectivity index (χ0n) is 17.7. The summed E-state index contributed by atoms with van der Waals surface area (Å²) in [4.78, 5) is 9.25. The molecule has 0 amide bonds. The summed E-state index contributed by atoms with van der Waals surface area (Å²) in [6.07, 6.45) is 2.50. The number of piperidine rings is 1. The lowest BCUT2D eigenvalue weighted by molar-refractivity contribution is 0.216. The van der Waals surface area contributed by atoms with E-state index in [1.165, 1.54) is 31.5 Å². The topological polar surface area (TPSA) is 42.9 Å². The second-order valence-electron chi connectivity index (χ2n) is 7.34. The minimum Gasteiger partial charge on any atom is -0.356 e. The van der Waals surface area contributed by atoms with Crippen LogP contribution in [-0.4, -0.2) is 69.1 Å². The molecule has 0 spiro atoms. The number of hydrogen-bond acceptors (Lipinski definition) is 3. The maximum Gasteiger partial charge on any atom is 0.191 e. The average Bonchev–Trinajstić information content (AvgIpc) is 2.69. The third-order valence-corrected chi connectivity index (χ3v) is 5.94. The fourth-order valence-electron chi connectivity index (χ4n) is 3.77. The molecular weight excluding hydrogens is 485 g/mol.